The number of anilines is 1. The van der Waals surface area contributed by atoms with Crippen molar-refractivity contribution in [2.75, 3.05) is 25.6 Å². The van der Waals surface area contributed by atoms with Gasteiger partial charge in [0.05, 0.1) is 24.7 Å². The summed E-state index contributed by atoms with van der Waals surface area (Å²) in [5.41, 5.74) is 3.60. The van der Waals surface area contributed by atoms with E-state index in [4.69, 9.17) is 18.6 Å². The van der Waals surface area contributed by atoms with E-state index < -0.39 is 18.5 Å². The van der Waals surface area contributed by atoms with Crippen LogP contribution in [0.15, 0.2) is 45.6 Å². The molecule has 0 fully saturated rings. The van der Waals surface area contributed by atoms with Gasteiger partial charge >= 0.3 is 5.97 Å². The molecule has 0 saturated carbocycles. The lowest BCUT2D eigenvalue weighted by Crippen LogP contribution is -2.23. The number of amides is 1. The van der Waals surface area contributed by atoms with E-state index in [2.05, 4.69) is 5.32 Å². The molecule has 1 amide bonds. The summed E-state index contributed by atoms with van der Waals surface area (Å²) in [5, 5.41) is 3.46. The van der Waals surface area contributed by atoms with Gasteiger partial charge in [-0.1, -0.05) is 0 Å². The third kappa shape index (κ3) is 5.28. The minimum absolute atomic E-state index is 0.0785. The van der Waals surface area contributed by atoms with Crippen molar-refractivity contribution in [1.82, 2.24) is 0 Å². The highest BCUT2D eigenvalue weighted by atomic mass is 32.1. The van der Waals surface area contributed by atoms with Gasteiger partial charge in [-0.15, -0.1) is 11.3 Å². The lowest BCUT2D eigenvalue weighted by Gasteiger charge is -2.13. The van der Waals surface area contributed by atoms with E-state index in [1.54, 1.807) is 51.3 Å². The van der Waals surface area contributed by atoms with Gasteiger partial charge in [-0.25, -0.2) is 4.79 Å². The van der Waals surface area contributed by atoms with E-state index in [-0.39, 0.29) is 23.5 Å². The monoisotopic (exact) mass is 535 g/mol. The first-order chi connectivity index (χ1) is 18.1. The Kier molecular flexibility index (Phi) is 7.87. The molecule has 9 heteroatoms. The molecule has 0 radical (unpaired) electrons. The summed E-state index contributed by atoms with van der Waals surface area (Å²) < 4.78 is 22.4. The van der Waals surface area contributed by atoms with Gasteiger partial charge in [0.25, 0.3) is 5.91 Å². The molecule has 0 aliphatic carbocycles. The maximum Gasteiger partial charge on any atom is 0.341 e. The Balaban J connectivity index is 1.69. The van der Waals surface area contributed by atoms with E-state index in [9.17, 15) is 14.4 Å². The van der Waals surface area contributed by atoms with Crippen molar-refractivity contribution in [2.24, 2.45) is 0 Å². The molecule has 0 aliphatic rings. The van der Waals surface area contributed by atoms with Gasteiger partial charge in [0.15, 0.2) is 12.4 Å². The van der Waals surface area contributed by atoms with E-state index in [0.29, 0.717) is 32.8 Å². The number of aryl methyl sites for hydroxylation is 3. The molecule has 4 rings (SSSR count). The Morgan fingerprint density at radius 1 is 1.03 bits per heavy atom. The van der Waals surface area contributed by atoms with Crippen molar-refractivity contribution in [1.29, 1.82) is 0 Å². The minimum Gasteiger partial charge on any atom is -0.497 e. The number of esters is 1. The van der Waals surface area contributed by atoms with Gasteiger partial charge in [-0.05, 0) is 87.7 Å². The number of fused-ring (bicyclic) bond motifs is 1. The average molecular weight is 536 g/mol. The number of ether oxygens (including phenoxy) is 3. The number of carbonyl (C=O) groups excluding carboxylic acids is 2. The molecule has 0 atom stereocenters. The molecular weight excluding hydrogens is 506 g/mol. The Morgan fingerprint density at radius 3 is 2.37 bits per heavy atom. The number of hydrogen-bond donors (Lipinski definition) is 1. The normalized spacial score (nSPS) is 10.9. The summed E-state index contributed by atoms with van der Waals surface area (Å²) in [5.74, 6) is -0.268. The van der Waals surface area contributed by atoms with Gasteiger partial charge in [0.2, 0.25) is 11.2 Å². The van der Waals surface area contributed by atoms with Gasteiger partial charge in [0.1, 0.15) is 16.3 Å². The Morgan fingerprint density at radius 2 is 1.71 bits per heavy atom. The van der Waals surface area contributed by atoms with Gasteiger partial charge in [0, 0.05) is 10.4 Å². The quantitative estimate of drug-likeness (QED) is 0.278. The first kappa shape index (κ1) is 26.9. The second kappa shape index (κ2) is 11.1. The van der Waals surface area contributed by atoms with Gasteiger partial charge < -0.3 is 23.9 Å². The number of carbonyl (C=O) groups is 2. The zero-order valence-corrected chi connectivity index (χ0v) is 23.0. The second-order valence-electron chi connectivity index (χ2n) is 8.80. The van der Waals surface area contributed by atoms with Crippen molar-refractivity contribution in [2.45, 2.75) is 34.6 Å². The Hall–Kier alpha value is -4.11. The molecule has 1 N–H and O–H groups in total. The van der Waals surface area contributed by atoms with Crippen LogP contribution in [0.5, 0.6) is 11.5 Å². The lowest BCUT2D eigenvalue weighted by atomic mass is 10.0. The molecule has 4 aromatic rings. The average Bonchev–Trinajstić information content (AvgIpc) is 3.17. The van der Waals surface area contributed by atoms with Crippen LogP contribution in [0.2, 0.25) is 0 Å². The van der Waals surface area contributed by atoms with E-state index in [1.165, 1.54) is 11.3 Å². The molecule has 198 valence electrons. The summed E-state index contributed by atoms with van der Waals surface area (Å²) in [6, 6.07) is 10.6. The summed E-state index contributed by atoms with van der Waals surface area (Å²) in [6.45, 7) is 8.98. The van der Waals surface area contributed by atoms with Crippen LogP contribution in [0.3, 0.4) is 0 Å². The van der Waals surface area contributed by atoms with Crippen molar-refractivity contribution < 1.29 is 28.2 Å². The SMILES string of the molecule is CCOC(=O)c1c(NC(=O)COc2c(-c3ccc(OC)cc3)oc3cc(C)c(C)cc3c2=O)sc(C)c1C. The molecule has 2 aromatic heterocycles. The maximum atomic E-state index is 13.5. The zero-order chi connectivity index (χ0) is 27.6. The number of benzene rings is 2. The van der Waals surface area contributed by atoms with Crippen LogP contribution in [0.25, 0.3) is 22.3 Å². The molecular formula is C29H29NO7S. The van der Waals surface area contributed by atoms with E-state index in [0.717, 1.165) is 21.6 Å². The molecule has 8 nitrogen and oxygen atoms in total. The van der Waals surface area contributed by atoms with E-state index >= 15 is 0 Å². The van der Waals surface area contributed by atoms with Crippen LogP contribution < -0.4 is 20.2 Å². The highest BCUT2D eigenvalue weighted by Crippen LogP contribution is 2.34. The highest BCUT2D eigenvalue weighted by Gasteiger charge is 2.24. The third-order valence-corrected chi connectivity index (χ3v) is 7.41. The number of thiophene rings is 1. The topological polar surface area (TPSA) is 104 Å². The fourth-order valence-corrected chi connectivity index (χ4v) is 5.03. The van der Waals surface area contributed by atoms with Crippen molar-refractivity contribution in [3.63, 3.8) is 0 Å². The Bertz CT molecular complexity index is 1580. The predicted molar refractivity (Wildman–Crippen MR) is 148 cm³/mol. The van der Waals surface area contributed by atoms with E-state index in [1.807, 2.05) is 26.8 Å². The highest BCUT2D eigenvalue weighted by molar-refractivity contribution is 7.16. The predicted octanol–water partition coefficient (Wildman–Crippen LogP) is 5.96. The standard InChI is InChI=1S/C29H29NO7S/c1-7-35-29(33)24-17(4)18(5)38-28(24)30-23(31)14-36-27-25(32)21-12-15(2)16(3)13-22(21)37-26(27)19-8-10-20(34-6)11-9-19/h8-13H,7,14H2,1-6H3,(H,30,31). The first-order valence-electron chi connectivity index (χ1n) is 12.1. The molecule has 38 heavy (non-hydrogen) atoms. The van der Waals surface area contributed by atoms with Crippen LogP contribution in [-0.4, -0.2) is 32.2 Å². The fraction of sp³-hybridized carbons (Fsp3) is 0.276. The molecule has 0 saturated heterocycles. The number of rotatable bonds is 8. The molecule has 2 heterocycles. The van der Waals surface area contributed by atoms with Crippen LogP contribution >= 0.6 is 11.3 Å². The summed E-state index contributed by atoms with van der Waals surface area (Å²) in [4.78, 5) is 39.8. The lowest BCUT2D eigenvalue weighted by molar-refractivity contribution is -0.118. The fourth-order valence-electron chi connectivity index (χ4n) is 3.96. The first-order valence-corrected chi connectivity index (χ1v) is 12.9. The zero-order valence-electron chi connectivity index (χ0n) is 22.1. The van der Waals surface area contributed by atoms with Crippen LogP contribution in [0, 0.1) is 27.7 Å². The van der Waals surface area contributed by atoms with Crippen LogP contribution in [0.4, 0.5) is 5.00 Å². The smallest absolute Gasteiger partial charge is 0.341 e. The summed E-state index contributed by atoms with van der Waals surface area (Å²) >= 11 is 1.28. The van der Waals surface area contributed by atoms with Crippen LogP contribution in [0.1, 0.15) is 38.8 Å². The second-order valence-corrected chi connectivity index (χ2v) is 10.0. The van der Waals surface area contributed by atoms with Crippen molar-refractivity contribution in [3.8, 4) is 22.8 Å². The number of nitrogens with one attached hydrogen (secondary N) is 1. The molecule has 2 aromatic carbocycles. The summed E-state index contributed by atoms with van der Waals surface area (Å²) in [6.07, 6.45) is 0. The largest absolute Gasteiger partial charge is 0.497 e. The number of methoxy groups -OCH3 is 1. The maximum absolute atomic E-state index is 13.5. The van der Waals surface area contributed by atoms with Gasteiger partial charge in [-0.2, -0.15) is 0 Å². The minimum atomic E-state index is -0.530. The van der Waals surface area contributed by atoms with Crippen molar-refractivity contribution >= 4 is 39.2 Å². The molecule has 0 bridgehead atoms. The Labute approximate surface area is 224 Å². The van der Waals surface area contributed by atoms with Gasteiger partial charge in [-0.3, -0.25) is 9.59 Å². The number of hydrogen-bond acceptors (Lipinski definition) is 8. The molecule has 0 unspecified atom stereocenters. The summed E-state index contributed by atoms with van der Waals surface area (Å²) in [7, 11) is 1.56. The molecule has 0 aliphatic heterocycles. The third-order valence-electron chi connectivity index (χ3n) is 6.28. The molecule has 0 spiro atoms. The van der Waals surface area contributed by atoms with Crippen LogP contribution in [-0.2, 0) is 9.53 Å². The van der Waals surface area contributed by atoms with Crippen molar-refractivity contribution in [3.05, 3.63) is 73.8 Å².